The van der Waals surface area contributed by atoms with E-state index in [0.717, 1.165) is 46.2 Å². The van der Waals surface area contributed by atoms with Crippen LogP contribution in [0, 0.1) is 0 Å². The molecule has 0 spiro atoms. The van der Waals surface area contributed by atoms with E-state index in [0.29, 0.717) is 23.4 Å². The van der Waals surface area contributed by atoms with Crippen molar-refractivity contribution in [2.75, 3.05) is 0 Å². The first kappa shape index (κ1) is 18.5. The van der Waals surface area contributed by atoms with Gasteiger partial charge in [-0.2, -0.15) is 0 Å². The molecule has 0 radical (unpaired) electrons. The van der Waals surface area contributed by atoms with Gasteiger partial charge in [-0.3, -0.25) is 9.55 Å². The molecule has 1 saturated carbocycles. The lowest BCUT2D eigenvalue weighted by molar-refractivity contribution is 0.288. The first-order chi connectivity index (χ1) is 14.3. The van der Waals surface area contributed by atoms with Gasteiger partial charge in [0.15, 0.2) is 11.0 Å². The lowest BCUT2D eigenvalue weighted by Crippen LogP contribution is -2.07. The van der Waals surface area contributed by atoms with Crippen LogP contribution in [0.3, 0.4) is 0 Å². The first-order valence-corrected chi connectivity index (χ1v) is 10.9. The van der Waals surface area contributed by atoms with Crippen molar-refractivity contribution in [3.8, 4) is 5.75 Å². The second-order valence-corrected chi connectivity index (χ2v) is 8.35. The highest BCUT2D eigenvalue weighted by atomic mass is 35.5. The van der Waals surface area contributed by atoms with Crippen LogP contribution in [-0.2, 0) is 12.4 Å². The van der Waals surface area contributed by atoms with Crippen molar-refractivity contribution in [1.29, 1.82) is 0 Å². The zero-order valence-corrected chi connectivity index (χ0v) is 17.2. The van der Waals surface area contributed by atoms with Gasteiger partial charge in [-0.05, 0) is 37.1 Å². The molecule has 0 bridgehead atoms. The molecule has 1 fully saturated rings. The van der Waals surface area contributed by atoms with E-state index in [2.05, 4.69) is 33.0 Å². The summed E-state index contributed by atoms with van der Waals surface area (Å²) < 4.78 is 8.10. The summed E-state index contributed by atoms with van der Waals surface area (Å²) in [6.45, 7) is 0.349. The summed E-state index contributed by atoms with van der Waals surface area (Å²) in [6.07, 6.45) is 2.30. The number of nitrogens with zero attached hydrogens (tertiary/aromatic N) is 4. The fourth-order valence-corrected chi connectivity index (χ4v) is 4.36. The van der Waals surface area contributed by atoms with Crippen LogP contribution in [0.15, 0.2) is 65.8 Å². The van der Waals surface area contributed by atoms with Gasteiger partial charge in [0.1, 0.15) is 12.4 Å². The number of ether oxygens (including phenoxy) is 1. The second-order valence-electron chi connectivity index (χ2n) is 7.00. The molecule has 1 aliphatic rings. The number of para-hydroxylation sites is 2. The summed E-state index contributed by atoms with van der Waals surface area (Å²) in [6, 6.07) is 20.3. The van der Waals surface area contributed by atoms with E-state index in [1.807, 2.05) is 42.5 Å². The fourth-order valence-electron chi connectivity index (χ4n) is 3.23. The molecule has 5 rings (SSSR count). The number of benzene rings is 2. The molecule has 0 aliphatic heterocycles. The Morgan fingerprint density at radius 3 is 2.69 bits per heavy atom. The average Bonchev–Trinajstić information content (AvgIpc) is 3.51. The normalized spacial score (nSPS) is 13.7. The smallest absolute Gasteiger partial charge is 0.191 e. The summed E-state index contributed by atoms with van der Waals surface area (Å²) in [5.41, 5.74) is 2.05. The second kappa shape index (κ2) is 8.05. The molecule has 2 aromatic carbocycles. The Morgan fingerprint density at radius 2 is 1.83 bits per heavy atom. The van der Waals surface area contributed by atoms with Gasteiger partial charge < -0.3 is 4.74 Å². The third-order valence-electron chi connectivity index (χ3n) is 4.85. The highest BCUT2D eigenvalue weighted by Crippen LogP contribution is 2.39. The molecule has 0 saturated heterocycles. The molecular weight excluding hydrogens is 404 g/mol. The maximum atomic E-state index is 6.19. The van der Waals surface area contributed by atoms with Crippen LogP contribution < -0.4 is 4.74 Å². The van der Waals surface area contributed by atoms with Gasteiger partial charge in [0.05, 0.1) is 16.2 Å². The zero-order chi connectivity index (χ0) is 19.6. The van der Waals surface area contributed by atoms with Gasteiger partial charge in [0.25, 0.3) is 0 Å². The Morgan fingerprint density at radius 1 is 1.00 bits per heavy atom. The van der Waals surface area contributed by atoms with Crippen LogP contribution in [-0.4, -0.2) is 19.7 Å². The van der Waals surface area contributed by atoms with Gasteiger partial charge >= 0.3 is 0 Å². The van der Waals surface area contributed by atoms with E-state index in [4.69, 9.17) is 21.3 Å². The lowest BCUT2D eigenvalue weighted by Gasteiger charge is -2.10. The summed E-state index contributed by atoms with van der Waals surface area (Å²) in [5.74, 6) is 2.25. The van der Waals surface area contributed by atoms with E-state index in [1.165, 1.54) is 0 Å². The standard InChI is InChI=1S/C22H19ClN4OS/c23-18-6-2-4-8-20(18)28-13-21-25-26-22(27(21)17-11-12-17)29-14-16-10-9-15-5-1-3-7-19(15)24-16/h1-10,17H,11-14H2. The lowest BCUT2D eigenvalue weighted by atomic mass is 10.2. The predicted molar refractivity (Wildman–Crippen MR) is 115 cm³/mol. The molecular formula is C22H19ClN4OS. The number of halogens is 1. The predicted octanol–water partition coefficient (Wildman–Crippen LogP) is 5.69. The molecule has 146 valence electrons. The molecule has 2 heterocycles. The van der Waals surface area contributed by atoms with Crippen molar-refractivity contribution < 1.29 is 4.74 Å². The number of rotatable bonds is 7. The van der Waals surface area contributed by atoms with Crippen molar-refractivity contribution in [3.63, 3.8) is 0 Å². The molecule has 0 amide bonds. The number of hydrogen-bond donors (Lipinski definition) is 0. The van der Waals surface area contributed by atoms with E-state index < -0.39 is 0 Å². The van der Waals surface area contributed by atoms with Crippen molar-refractivity contribution in [2.45, 2.75) is 36.4 Å². The highest BCUT2D eigenvalue weighted by molar-refractivity contribution is 7.98. The molecule has 1 aliphatic carbocycles. The van der Waals surface area contributed by atoms with Crippen LogP contribution >= 0.6 is 23.4 Å². The quantitative estimate of drug-likeness (QED) is 0.358. The van der Waals surface area contributed by atoms with Gasteiger partial charge in [-0.15, -0.1) is 10.2 Å². The largest absolute Gasteiger partial charge is 0.484 e. The van der Waals surface area contributed by atoms with Crippen LogP contribution in [0.1, 0.15) is 30.4 Å². The molecule has 0 unspecified atom stereocenters. The van der Waals surface area contributed by atoms with Crippen molar-refractivity contribution in [1.82, 2.24) is 19.7 Å². The summed E-state index contributed by atoms with van der Waals surface area (Å²) in [5, 5.41) is 11.5. The van der Waals surface area contributed by atoms with Crippen molar-refractivity contribution >= 4 is 34.3 Å². The number of aromatic nitrogens is 4. The number of hydrogen-bond acceptors (Lipinski definition) is 5. The van der Waals surface area contributed by atoms with Gasteiger partial charge in [0.2, 0.25) is 0 Å². The minimum atomic E-state index is 0.349. The van der Waals surface area contributed by atoms with E-state index >= 15 is 0 Å². The van der Waals surface area contributed by atoms with E-state index in [1.54, 1.807) is 11.8 Å². The fraction of sp³-hybridized carbons (Fsp3) is 0.227. The Hall–Kier alpha value is -2.57. The molecule has 0 N–H and O–H groups in total. The Labute approximate surface area is 178 Å². The molecule has 7 heteroatoms. The maximum Gasteiger partial charge on any atom is 0.191 e. The number of thioether (sulfide) groups is 1. The van der Waals surface area contributed by atoms with Crippen LogP contribution in [0.5, 0.6) is 5.75 Å². The van der Waals surface area contributed by atoms with Gasteiger partial charge in [-0.1, -0.05) is 59.8 Å². The molecule has 29 heavy (non-hydrogen) atoms. The Bertz CT molecular complexity index is 1160. The van der Waals surface area contributed by atoms with E-state index in [9.17, 15) is 0 Å². The Kier molecular flexibility index (Phi) is 5.12. The van der Waals surface area contributed by atoms with Gasteiger partial charge in [0, 0.05) is 17.2 Å². The molecule has 5 nitrogen and oxygen atoms in total. The molecule has 0 atom stereocenters. The molecule has 4 aromatic rings. The Balaban J connectivity index is 1.31. The summed E-state index contributed by atoms with van der Waals surface area (Å²) >= 11 is 7.86. The minimum Gasteiger partial charge on any atom is -0.484 e. The third-order valence-corrected chi connectivity index (χ3v) is 6.13. The minimum absolute atomic E-state index is 0.349. The van der Waals surface area contributed by atoms with E-state index in [-0.39, 0.29) is 0 Å². The summed E-state index contributed by atoms with van der Waals surface area (Å²) in [4.78, 5) is 4.76. The molecule has 2 aromatic heterocycles. The monoisotopic (exact) mass is 422 g/mol. The van der Waals surface area contributed by atoms with Crippen molar-refractivity contribution in [2.24, 2.45) is 0 Å². The zero-order valence-electron chi connectivity index (χ0n) is 15.7. The van der Waals surface area contributed by atoms with Crippen molar-refractivity contribution in [3.05, 3.63) is 77.2 Å². The average molecular weight is 423 g/mol. The van der Waals surface area contributed by atoms with Crippen LogP contribution in [0.2, 0.25) is 5.02 Å². The third kappa shape index (κ3) is 4.09. The van der Waals surface area contributed by atoms with Gasteiger partial charge in [-0.25, -0.2) is 0 Å². The van der Waals surface area contributed by atoms with Crippen LogP contribution in [0.4, 0.5) is 0 Å². The topological polar surface area (TPSA) is 52.8 Å². The maximum absolute atomic E-state index is 6.19. The summed E-state index contributed by atoms with van der Waals surface area (Å²) in [7, 11) is 0. The number of fused-ring (bicyclic) bond motifs is 1. The van der Waals surface area contributed by atoms with Crippen LogP contribution in [0.25, 0.3) is 10.9 Å². The first-order valence-electron chi connectivity index (χ1n) is 9.56. The SMILES string of the molecule is Clc1ccccc1OCc1nnc(SCc2ccc3ccccc3n2)n1C1CC1. The number of pyridine rings is 1. The highest BCUT2D eigenvalue weighted by Gasteiger charge is 2.30.